The number of nitrogens with zero attached hydrogens (tertiary/aromatic N) is 4. The normalized spacial score (nSPS) is 13.5. The first-order valence-corrected chi connectivity index (χ1v) is 9.88. The Bertz CT molecular complexity index is 881. The molecule has 0 fully saturated rings. The lowest BCUT2D eigenvalue weighted by atomic mass is 9.97. The number of nitrogen functional groups attached to an aromatic ring is 1. The summed E-state index contributed by atoms with van der Waals surface area (Å²) >= 11 is 0. The lowest BCUT2D eigenvalue weighted by Crippen LogP contribution is -2.17. The summed E-state index contributed by atoms with van der Waals surface area (Å²) in [5.74, 6) is 0.385. The number of carbonyl (C=O) groups is 1. The standard InChI is InChI=1S/C21H28N6O2/c1-27(2)21-25-18(24-20(22)26-21)14-29-19(28)16-10-6-7-11-17(16)23-13-12-15-8-4-3-5-9-15/h6-8,10-11,23H,3-5,9,12-14H2,1-2H3,(H2,22,24,25,26). The Kier molecular flexibility index (Phi) is 6.99. The molecule has 3 rings (SSSR count). The molecule has 0 unspecified atom stereocenters. The van der Waals surface area contributed by atoms with E-state index >= 15 is 0 Å². The van der Waals surface area contributed by atoms with Crippen molar-refractivity contribution in [1.82, 2.24) is 15.0 Å². The highest BCUT2D eigenvalue weighted by atomic mass is 16.5. The van der Waals surface area contributed by atoms with Gasteiger partial charge in [0.1, 0.15) is 0 Å². The van der Waals surface area contributed by atoms with Crippen molar-refractivity contribution in [2.75, 3.05) is 36.6 Å². The van der Waals surface area contributed by atoms with Crippen LogP contribution in [0, 0.1) is 0 Å². The van der Waals surface area contributed by atoms with Crippen LogP contribution in [0.15, 0.2) is 35.9 Å². The van der Waals surface area contributed by atoms with Crippen LogP contribution in [0.3, 0.4) is 0 Å². The quantitative estimate of drug-likeness (QED) is 0.518. The fourth-order valence-corrected chi connectivity index (χ4v) is 3.20. The highest BCUT2D eigenvalue weighted by molar-refractivity contribution is 5.95. The number of nitrogens with one attached hydrogen (secondary N) is 1. The largest absolute Gasteiger partial charge is 0.454 e. The van der Waals surface area contributed by atoms with Gasteiger partial charge in [0.25, 0.3) is 0 Å². The zero-order valence-electron chi connectivity index (χ0n) is 17.0. The Morgan fingerprint density at radius 3 is 2.79 bits per heavy atom. The van der Waals surface area contributed by atoms with Gasteiger partial charge >= 0.3 is 5.97 Å². The molecule has 0 saturated heterocycles. The van der Waals surface area contributed by atoms with Gasteiger partial charge in [0.05, 0.1) is 5.56 Å². The highest BCUT2D eigenvalue weighted by Gasteiger charge is 2.14. The van der Waals surface area contributed by atoms with Gasteiger partial charge < -0.3 is 20.7 Å². The molecule has 0 amide bonds. The fraction of sp³-hybridized carbons (Fsp3) is 0.429. The third-order valence-corrected chi connectivity index (χ3v) is 4.71. The van der Waals surface area contributed by atoms with Gasteiger partial charge in [-0.25, -0.2) is 4.79 Å². The zero-order valence-corrected chi connectivity index (χ0v) is 17.0. The van der Waals surface area contributed by atoms with E-state index < -0.39 is 5.97 Å². The molecule has 0 radical (unpaired) electrons. The average molecular weight is 396 g/mol. The number of hydrogen-bond acceptors (Lipinski definition) is 8. The van der Waals surface area contributed by atoms with Gasteiger partial charge in [0, 0.05) is 26.3 Å². The van der Waals surface area contributed by atoms with Crippen LogP contribution >= 0.6 is 0 Å². The molecule has 1 aromatic carbocycles. The summed E-state index contributed by atoms with van der Waals surface area (Å²) in [6, 6.07) is 7.35. The molecule has 1 aliphatic carbocycles. The van der Waals surface area contributed by atoms with E-state index in [0.717, 1.165) is 18.7 Å². The molecule has 1 aromatic heterocycles. The second kappa shape index (κ2) is 9.86. The smallest absolute Gasteiger partial charge is 0.340 e. The van der Waals surface area contributed by atoms with Crippen molar-refractivity contribution in [2.24, 2.45) is 0 Å². The second-order valence-corrected chi connectivity index (χ2v) is 7.21. The van der Waals surface area contributed by atoms with Gasteiger partial charge in [0.15, 0.2) is 12.4 Å². The van der Waals surface area contributed by atoms with Crippen LogP contribution in [-0.4, -0.2) is 41.6 Å². The van der Waals surface area contributed by atoms with Crippen molar-refractivity contribution in [2.45, 2.75) is 38.7 Å². The molecule has 0 bridgehead atoms. The molecule has 0 spiro atoms. The first-order chi connectivity index (χ1) is 14.0. The molecule has 29 heavy (non-hydrogen) atoms. The maximum Gasteiger partial charge on any atom is 0.340 e. The summed E-state index contributed by atoms with van der Waals surface area (Å²) in [6.45, 7) is 0.708. The van der Waals surface area contributed by atoms with Gasteiger partial charge in [0.2, 0.25) is 11.9 Å². The summed E-state index contributed by atoms with van der Waals surface area (Å²) < 4.78 is 5.42. The number of carbonyl (C=O) groups excluding carboxylic acids is 1. The first-order valence-electron chi connectivity index (χ1n) is 9.88. The van der Waals surface area contributed by atoms with Crippen LogP contribution in [0.4, 0.5) is 17.6 Å². The van der Waals surface area contributed by atoms with E-state index in [0.29, 0.717) is 17.3 Å². The van der Waals surface area contributed by atoms with Crippen LogP contribution < -0.4 is 16.0 Å². The van der Waals surface area contributed by atoms with Gasteiger partial charge in [-0.2, -0.15) is 15.0 Å². The Hall–Kier alpha value is -3.16. The minimum atomic E-state index is -0.435. The Morgan fingerprint density at radius 2 is 2.03 bits per heavy atom. The van der Waals surface area contributed by atoms with Gasteiger partial charge in [-0.3, -0.25) is 0 Å². The molecule has 0 aliphatic heterocycles. The molecular formula is C21H28N6O2. The summed E-state index contributed by atoms with van der Waals surface area (Å²) in [5, 5.41) is 3.36. The number of aromatic nitrogens is 3. The van der Waals surface area contributed by atoms with E-state index in [2.05, 4.69) is 26.3 Å². The van der Waals surface area contributed by atoms with Gasteiger partial charge in [-0.05, 0) is 44.2 Å². The number of allylic oxidation sites excluding steroid dienone is 1. The molecule has 2 aromatic rings. The number of nitrogens with two attached hydrogens (primary N) is 1. The van der Waals surface area contributed by atoms with Crippen LogP contribution in [0.25, 0.3) is 0 Å². The summed E-state index contributed by atoms with van der Waals surface area (Å²) in [4.78, 5) is 26.6. The third kappa shape index (κ3) is 5.91. The van der Waals surface area contributed by atoms with Crippen molar-refractivity contribution in [3.63, 3.8) is 0 Å². The van der Waals surface area contributed by atoms with E-state index in [1.54, 1.807) is 25.1 Å². The number of anilines is 3. The first kappa shape index (κ1) is 20.6. The van der Waals surface area contributed by atoms with Crippen molar-refractivity contribution >= 4 is 23.6 Å². The number of ether oxygens (including phenoxy) is 1. The summed E-state index contributed by atoms with van der Waals surface area (Å²) in [6.07, 6.45) is 8.24. The minimum absolute atomic E-state index is 0.0758. The van der Waals surface area contributed by atoms with E-state index in [1.807, 2.05) is 18.2 Å². The molecule has 1 heterocycles. The van der Waals surface area contributed by atoms with E-state index in [1.165, 1.54) is 31.3 Å². The molecule has 0 saturated carbocycles. The number of rotatable bonds is 8. The van der Waals surface area contributed by atoms with E-state index in [4.69, 9.17) is 10.5 Å². The predicted molar refractivity (Wildman–Crippen MR) is 114 cm³/mol. The molecule has 8 nitrogen and oxygen atoms in total. The van der Waals surface area contributed by atoms with Gasteiger partial charge in [-0.15, -0.1) is 0 Å². The third-order valence-electron chi connectivity index (χ3n) is 4.71. The van der Waals surface area contributed by atoms with Crippen molar-refractivity contribution in [3.8, 4) is 0 Å². The summed E-state index contributed by atoms with van der Waals surface area (Å²) in [7, 11) is 3.60. The van der Waals surface area contributed by atoms with Crippen molar-refractivity contribution in [3.05, 3.63) is 47.3 Å². The number of benzene rings is 1. The van der Waals surface area contributed by atoms with Crippen LogP contribution in [-0.2, 0) is 11.3 Å². The monoisotopic (exact) mass is 396 g/mol. The van der Waals surface area contributed by atoms with Crippen molar-refractivity contribution in [1.29, 1.82) is 0 Å². The number of para-hydroxylation sites is 1. The predicted octanol–water partition coefficient (Wildman–Crippen LogP) is 3.18. The van der Waals surface area contributed by atoms with Crippen molar-refractivity contribution < 1.29 is 9.53 Å². The number of esters is 1. The molecule has 8 heteroatoms. The van der Waals surface area contributed by atoms with Crippen LogP contribution in [0.2, 0.25) is 0 Å². The number of hydrogen-bond donors (Lipinski definition) is 2. The Morgan fingerprint density at radius 1 is 1.21 bits per heavy atom. The van der Waals surface area contributed by atoms with Crippen LogP contribution in [0.5, 0.6) is 0 Å². The molecule has 1 aliphatic rings. The Labute approximate surface area is 171 Å². The average Bonchev–Trinajstić information content (AvgIpc) is 2.73. The Balaban J connectivity index is 1.60. The maximum atomic E-state index is 12.6. The van der Waals surface area contributed by atoms with E-state index in [9.17, 15) is 4.79 Å². The molecule has 154 valence electrons. The zero-order chi connectivity index (χ0) is 20.6. The fourth-order valence-electron chi connectivity index (χ4n) is 3.20. The SMILES string of the molecule is CN(C)c1nc(N)nc(COC(=O)c2ccccc2NCCC2=CCCCC2)n1. The maximum absolute atomic E-state index is 12.6. The molecule has 3 N–H and O–H groups in total. The minimum Gasteiger partial charge on any atom is -0.454 e. The van der Waals surface area contributed by atoms with Crippen LogP contribution in [0.1, 0.15) is 48.3 Å². The topological polar surface area (TPSA) is 106 Å². The lowest BCUT2D eigenvalue weighted by Gasteiger charge is -2.15. The summed E-state index contributed by atoms with van der Waals surface area (Å²) in [5.41, 5.74) is 8.45. The molecular weight excluding hydrogens is 368 g/mol. The highest BCUT2D eigenvalue weighted by Crippen LogP contribution is 2.21. The van der Waals surface area contributed by atoms with E-state index in [-0.39, 0.29) is 12.6 Å². The second-order valence-electron chi connectivity index (χ2n) is 7.21. The lowest BCUT2D eigenvalue weighted by molar-refractivity contribution is 0.0463. The molecule has 0 atom stereocenters. The van der Waals surface area contributed by atoms with Gasteiger partial charge in [-0.1, -0.05) is 23.8 Å².